The van der Waals surface area contributed by atoms with Crippen LogP contribution in [-0.4, -0.2) is 28.4 Å². The van der Waals surface area contributed by atoms with Crippen LogP contribution in [0.25, 0.3) is 16.5 Å². The normalized spacial score (nSPS) is 18.4. The van der Waals surface area contributed by atoms with Gasteiger partial charge in [0.25, 0.3) is 5.72 Å². The van der Waals surface area contributed by atoms with Crippen molar-refractivity contribution < 1.29 is 27.8 Å². The number of benzene rings is 2. The number of carbonyl (C=O) groups excluding carboxylic acids is 1. The number of aryl methyl sites for hydroxylation is 1. The summed E-state index contributed by atoms with van der Waals surface area (Å²) in [7, 11) is 0. The highest BCUT2D eigenvalue weighted by molar-refractivity contribution is 5.98. The number of fused-ring (bicyclic) bond motifs is 3. The van der Waals surface area contributed by atoms with Crippen molar-refractivity contribution in [3.05, 3.63) is 77.0 Å². The zero-order chi connectivity index (χ0) is 21.7. The Labute approximate surface area is 171 Å². The Morgan fingerprint density at radius 1 is 1.13 bits per heavy atom. The first-order valence-corrected chi connectivity index (χ1v) is 9.55. The third kappa shape index (κ3) is 2.92. The molecule has 0 radical (unpaired) electrons. The number of hydrogen-bond donors (Lipinski definition) is 1. The lowest BCUT2D eigenvalue weighted by Crippen LogP contribution is -2.44. The van der Waals surface area contributed by atoms with E-state index < -0.39 is 17.9 Å². The zero-order valence-electron chi connectivity index (χ0n) is 16.5. The lowest BCUT2D eigenvalue weighted by molar-refractivity contribution is -0.272. The van der Waals surface area contributed by atoms with E-state index in [4.69, 9.17) is 4.74 Å². The maximum absolute atomic E-state index is 14.1. The monoisotopic (exact) mass is 415 g/mol. The average Bonchev–Trinajstić information content (AvgIpc) is 3.17. The van der Waals surface area contributed by atoms with E-state index in [0.717, 1.165) is 16.2 Å². The van der Waals surface area contributed by atoms with Gasteiger partial charge in [-0.2, -0.15) is 13.2 Å². The molecule has 2 aromatic carbocycles. The second-order valence-electron chi connectivity index (χ2n) is 7.26. The van der Waals surface area contributed by atoms with Crippen LogP contribution in [0, 0.1) is 6.92 Å². The molecule has 3 aromatic rings. The van der Waals surface area contributed by atoms with Crippen molar-refractivity contribution in [3.8, 4) is 0 Å². The largest absolute Gasteiger partial charge is 0.466 e. The van der Waals surface area contributed by atoms with Gasteiger partial charge in [0.2, 0.25) is 0 Å². The molecule has 1 N–H and O–H groups in total. The molecule has 1 aliphatic rings. The molecule has 156 valence electrons. The SMILES string of the molecule is CCOC(=O)Cc1c2n(c3ccccc13)C(O)(C(F)(F)F)C=C2c1ccccc1C. The van der Waals surface area contributed by atoms with E-state index in [-0.39, 0.29) is 29.8 Å². The molecule has 0 bridgehead atoms. The summed E-state index contributed by atoms with van der Waals surface area (Å²) < 4.78 is 48.3. The topological polar surface area (TPSA) is 51.5 Å². The van der Waals surface area contributed by atoms with Gasteiger partial charge in [0.05, 0.1) is 24.2 Å². The number of para-hydroxylation sites is 1. The highest BCUT2D eigenvalue weighted by Crippen LogP contribution is 2.50. The number of alkyl halides is 3. The molecule has 1 aliphatic heterocycles. The van der Waals surface area contributed by atoms with E-state index in [0.29, 0.717) is 16.5 Å². The molecule has 1 atom stereocenters. The van der Waals surface area contributed by atoms with Gasteiger partial charge in [0.1, 0.15) is 0 Å². The lowest BCUT2D eigenvalue weighted by Gasteiger charge is -2.27. The zero-order valence-corrected chi connectivity index (χ0v) is 16.5. The Morgan fingerprint density at radius 3 is 2.47 bits per heavy atom. The Morgan fingerprint density at radius 2 is 1.80 bits per heavy atom. The third-order valence-electron chi connectivity index (χ3n) is 5.40. The molecule has 0 amide bonds. The van der Waals surface area contributed by atoms with Crippen molar-refractivity contribution in [2.24, 2.45) is 0 Å². The fraction of sp³-hybridized carbons (Fsp3) is 0.261. The molecular weight excluding hydrogens is 395 g/mol. The smallest absolute Gasteiger partial charge is 0.441 e. The minimum atomic E-state index is -4.96. The van der Waals surface area contributed by atoms with Gasteiger partial charge >= 0.3 is 12.1 Å². The predicted octanol–water partition coefficient (Wildman–Crippen LogP) is 4.71. The van der Waals surface area contributed by atoms with Gasteiger partial charge in [-0.1, -0.05) is 42.5 Å². The van der Waals surface area contributed by atoms with Crippen molar-refractivity contribution in [3.63, 3.8) is 0 Å². The van der Waals surface area contributed by atoms with E-state index in [1.807, 2.05) is 0 Å². The quantitative estimate of drug-likeness (QED) is 0.628. The van der Waals surface area contributed by atoms with Crippen LogP contribution in [0.1, 0.15) is 29.3 Å². The average molecular weight is 415 g/mol. The second kappa shape index (κ2) is 7.02. The minimum Gasteiger partial charge on any atom is -0.466 e. The molecule has 2 heterocycles. The summed E-state index contributed by atoms with van der Waals surface area (Å²) in [5.41, 5.74) is -0.889. The Kier molecular flexibility index (Phi) is 4.73. The van der Waals surface area contributed by atoms with Gasteiger partial charge in [-0.05, 0) is 42.7 Å². The molecule has 30 heavy (non-hydrogen) atoms. The first-order valence-electron chi connectivity index (χ1n) is 9.55. The highest BCUT2D eigenvalue weighted by atomic mass is 19.4. The number of rotatable bonds is 4. The molecule has 0 fully saturated rings. The minimum absolute atomic E-state index is 0.166. The van der Waals surface area contributed by atoms with Crippen LogP contribution in [0.3, 0.4) is 0 Å². The Balaban J connectivity index is 2.08. The summed E-state index contributed by atoms with van der Waals surface area (Å²) in [6.45, 7) is 3.63. The van der Waals surface area contributed by atoms with Gasteiger partial charge in [-0.3, -0.25) is 4.79 Å². The van der Waals surface area contributed by atoms with Gasteiger partial charge in [0, 0.05) is 11.0 Å². The summed E-state index contributed by atoms with van der Waals surface area (Å²) in [4.78, 5) is 12.3. The first-order chi connectivity index (χ1) is 14.2. The van der Waals surface area contributed by atoms with Crippen LogP contribution in [0.4, 0.5) is 13.2 Å². The summed E-state index contributed by atoms with van der Waals surface area (Å²) in [6, 6.07) is 13.5. The van der Waals surface area contributed by atoms with E-state index in [9.17, 15) is 23.1 Å². The number of aliphatic hydroxyl groups is 1. The maximum Gasteiger partial charge on any atom is 0.441 e. The van der Waals surface area contributed by atoms with Crippen molar-refractivity contribution in [1.29, 1.82) is 0 Å². The number of halogens is 3. The van der Waals surface area contributed by atoms with Crippen molar-refractivity contribution in [2.75, 3.05) is 6.61 Å². The lowest BCUT2D eigenvalue weighted by atomic mass is 9.94. The van der Waals surface area contributed by atoms with Gasteiger partial charge in [-0.25, -0.2) is 0 Å². The summed E-state index contributed by atoms with van der Waals surface area (Å²) in [6.07, 6.45) is -4.32. The maximum atomic E-state index is 14.1. The molecule has 0 aliphatic carbocycles. The van der Waals surface area contributed by atoms with E-state index in [2.05, 4.69) is 0 Å². The van der Waals surface area contributed by atoms with Crippen LogP contribution < -0.4 is 0 Å². The number of hydrogen-bond acceptors (Lipinski definition) is 3. The molecule has 1 unspecified atom stereocenters. The highest BCUT2D eigenvalue weighted by Gasteiger charge is 2.58. The van der Waals surface area contributed by atoms with Crippen molar-refractivity contribution in [1.82, 2.24) is 4.57 Å². The molecule has 0 saturated heterocycles. The predicted molar refractivity (Wildman–Crippen MR) is 107 cm³/mol. The van der Waals surface area contributed by atoms with Crippen molar-refractivity contribution in [2.45, 2.75) is 32.2 Å². The molecule has 0 saturated carbocycles. The van der Waals surface area contributed by atoms with Crippen molar-refractivity contribution >= 4 is 22.4 Å². The van der Waals surface area contributed by atoms with E-state index >= 15 is 0 Å². The number of carbonyl (C=O) groups is 1. The molecule has 7 heteroatoms. The van der Waals surface area contributed by atoms with E-state index in [1.54, 1.807) is 56.3 Å². The first kappa shape index (κ1) is 20.2. The van der Waals surface area contributed by atoms with Gasteiger partial charge in [0.15, 0.2) is 0 Å². The summed E-state index contributed by atoms with van der Waals surface area (Å²) in [5, 5.41) is 11.4. The van der Waals surface area contributed by atoms with Gasteiger partial charge < -0.3 is 14.4 Å². The van der Waals surface area contributed by atoms with Crippen LogP contribution in [0.2, 0.25) is 0 Å². The van der Waals surface area contributed by atoms with Gasteiger partial charge in [-0.15, -0.1) is 0 Å². The number of aromatic nitrogens is 1. The molecule has 4 rings (SSSR count). The fourth-order valence-corrected chi connectivity index (χ4v) is 4.10. The van der Waals surface area contributed by atoms with Crippen LogP contribution in [0.5, 0.6) is 0 Å². The van der Waals surface area contributed by atoms with Crippen LogP contribution in [-0.2, 0) is 21.7 Å². The summed E-state index contributed by atoms with van der Waals surface area (Å²) >= 11 is 0. The van der Waals surface area contributed by atoms with E-state index in [1.165, 1.54) is 6.07 Å². The molecule has 1 aromatic heterocycles. The fourth-order valence-electron chi connectivity index (χ4n) is 4.10. The second-order valence-corrected chi connectivity index (χ2v) is 7.26. The Hall–Kier alpha value is -3.06. The number of esters is 1. The van der Waals surface area contributed by atoms with Crippen LogP contribution >= 0.6 is 0 Å². The summed E-state index contributed by atoms with van der Waals surface area (Å²) in [5.74, 6) is -0.539. The standard InChI is InChI=1S/C23H20F3NO3/c1-3-30-20(28)12-17-16-10-6-7-11-19(16)27-21(17)18(13-22(27,29)23(24,25)26)15-9-5-4-8-14(15)2/h4-11,13,29H,3,12H2,1-2H3. The van der Waals surface area contributed by atoms with Crippen LogP contribution in [0.15, 0.2) is 54.6 Å². The Bertz CT molecular complexity index is 1180. The molecule has 0 spiro atoms. The molecular formula is C23H20F3NO3. The molecule has 4 nitrogen and oxygen atoms in total. The number of nitrogens with zero attached hydrogens (tertiary/aromatic N) is 1. The third-order valence-corrected chi connectivity index (χ3v) is 5.40. The number of ether oxygens (including phenoxy) is 1.